The van der Waals surface area contributed by atoms with E-state index in [-0.39, 0.29) is 17.3 Å². The Kier molecular flexibility index (Phi) is 5.16. The van der Waals surface area contributed by atoms with Crippen LogP contribution in [0, 0.1) is 11.6 Å². The number of ether oxygens (including phenoxy) is 2. The van der Waals surface area contributed by atoms with Gasteiger partial charge in [0.25, 0.3) is 5.91 Å². The summed E-state index contributed by atoms with van der Waals surface area (Å²) in [6.07, 6.45) is 1.56. The Morgan fingerprint density at radius 3 is 2.61 bits per heavy atom. The fraction of sp³-hybridized carbons (Fsp3) is 0.208. The molecular weight excluding hydrogens is 430 g/mol. The van der Waals surface area contributed by atoms with Crippen LogP contribution in [-0.2, 0) is 0 Å². The molecule has 5 rings (SSSR count). The first-order valence-electron chi connectivity index (χ1n) is 10.5. The highest BCUT2D eigenvalue weighted by atomic mass is 19.1. The number of hydrogen-bond donors (Lipinski definition) is 1. The third-order valence-electron chi connectivity index (χ3n) is 5.32. The molecule has 2 aromatic heterocycles. The van der Waals surface area contributed by atoms with Gasteiger partial charge in [0.2, 0.25) is 0 Å². The highest BCUT2D eigenvalue weighted by Crippen LogP contribution is 2.35. The van der Waals surface area contributed by atoms with Crippen molar-refractivity contribution in [2.45, 2.75) is 19.9 Å². The van der Waals surface area contributed by atoms with E-state index in [2.05, 4.69) is 10.4 Å². The lowest BCUT2D eigenvalue weighted by molar-refractivity contribution is 0.102. The van der Waals surface area contributed by atoms with Crippen molar-refractivity contribution in [1.82, 2.24) is 14.8 Å². The Labute approximate surface area is 188 Å². The van der Waals surface area contributed by atoms with Crippen molar-refractivity contribution in [1.29, 1.82) is 0 Å². The zero-order valence-corrected chi connectivity index (χ0v) is 17.9. The Morgan fingerprint density at radius 2 is 1.85 bits per heavy atom. The van der Waals surface area contributed by atoms with Crippen LogP contribution in [0.4, 0.5) is 14.5 Å². The molecule has 1 amide bonds. The maximum atomic E-state index is 14.1. The number of hydrogen-bond acceptors (Lipinski definition) is 5. The number of carbonyl (C=O) groups is 1. The molecule has 3 heterocycles. The molecule has 0 fully saturated rings. The normalized spacial score (nSPS) is 12.9. The molecule has 1 aliphatic rings. The zero-order chi connectivity index (χ0) is 23.1. The lowest BCUT2D eigenvalue weighted by atomic mass is 10.1. The molecule has 0 bridgehead atoms. The van der Waals surface area contributed by atoms with E-state index in [4.69, 9.17) is 14.5 Å². The van der Waals surface area contributed by atoms with Crippen LogP contribution in [0.3, 0.4) is 0 Å². The summed E-state index contributed by atoms with van der Waals surface area (Å²) in [5.74, 6) is -0.912. The predicted molar refractivity (Wildman–Crippen MR) is 119 cm³/mol. The highest BCUT2D eigenvalue weighted by Gasteiger charge is 2.21. The van der Waals surface area contributed by atoms with Gasteiger partial charge in [-0.15, -0.1) is 0 Å². The topological polar surface area (TPSA) is 78.3 Å². The molecule has 4 aromatic rings. The number of anilines is 1. The average molecular weight is 450 g/mol. The standard InChI is InChI=1S/C24H20F2N4O3/c1-13(2)30-23-17(12-27-30)16(24(31)29-19-5-4-15(25)10-18(19)26)11-20(28-23)14-3-6-21-22(9-14)33-8-7-32-21/h3-6,9-13H,7-8H2,1-2H3,(H,29,31). The fourth-order valence-corrected chi connectivity index (χ4v) is 3.71. The molecule has 0 saturated carbocycles. The Bertz CT molecular complexity index is 1380. The van der Waals surface area contributed by atoms with Crippen molar-refractivity contribution in [2.75, 3.05) is 18.5 Å². The van der Waals surface area contributed by atoms with Crippen LogP contribution in [0.2, 0.25) is 0 Å². The Balaban J connectivity index is 1.62. The number of rotatable bonds is 4. The van der Waals surface area contributed by atoms with Crippen LogP contribution in [0.25, 0.3) is 22.3 Å². The second-order valence-corrected chi connectivity index (χ2v) is 7.91. The van der Waals surface area contributed by atoms with Crippen LogP contribution in [0.1, 0.15) is 30.2 Å². The number of halogens is 2. The molecule has 7 nitrogen and oxygen atoms in total. The molecule has 33 heavy (non-hydrogen) atoms. The van der Waals surface area contributed by atoms with Crippen LogP contribution in [0.15, 0.2) is 48.7 Å². The summed E-state index contributed by atoms with van der Waals surface area (Å²) in [6, 6.07) is 10.0. The first-order valence-corrected chi connectivity index (χ1v) is 10.5. The van der Waals surface area contributed by atoms with Crippen molar-refractivity contribution >= 4 is 22.6 Å². The summed E-state index contributed by atoms with van der Waals surface area (Å²) in [7, 11) is 0. The molecule has 0 saturated heterocycles. The van der Waals surface area contributed by atoms with Crippen molar-refractivity contribution in [3.05, 3.63) is 65.9 Å². The third kappa shape index (κ3) is 3.86. The van der Waals surface area contributed by atoms with Gasteiger partial charge >= 0.3 is 0 Å². The summed E-state index contributed by atoms with van der Waals surface area (Å²) in [5, 5.41) is 7.43. The van der Waals surface area contributed by atoms with E-state index < -0.39 is 17.5 Å². The maximum absolute atomic E-state index is 14.1. The van der Waals surface area contributed by atoms with E-state index >= 15 is 0 Å². The van der Waals surface area contributed by atoms with Crippen LogP contribution in [-0.4, -0.2) is 33.9 Å². The minimum atomic E-state index is -0.862. The lowest BCUT2D eigenvalue weighted by Crippen LogP contribution is -2.15. The van der Waals surface area contributed by atoms with E-state index in [9.17, 15) is 13.6 Å². The SMILES string of the molecule is CC(C)n1ncc2c(C(=O)Nc3ccc(F)cc3F)cc(-c3ccc4c(c3)OCCO4)nc21. The van der Waals surface area contributed by atoms with Crippen molar-refractivity contribution in [3.8, 4) is 22.8 Å². The minimum Gasteiger partial charge on any atom is -0.486 e. The minimum absolute atomic E-state index is 0.00373. The van der Waals surface area contributed by atoms with Gasteiger partial charge in [0.1, 0.15) is 24.8 Å². The smallest absolute Gasteiger partial charge is 0.256 e. The molecule has 0 aliphatic carbocycles. The predicted octanol–water partition coefficient (Wildman–Crippen LogP) is 4.98. The number of nitrogens with one attached hydrogen (secondary N) is 1. The number of pyridine rings is 1. The fourth-order valence-electron chi connectivity index (χ4n) is 3.71. The summed E-state index contributed by atoms with van der Waals surface area (Å²) >= 11 is 0. The van der Waals surface area contributed by atoms with Crippen LogP contribution < -0.4 is 14.8 Å². The van der Waals surface area contributed by atoms with Crippen molar-refractivity contribution < 1.29 is 23.0 Å². The summed E-state index contributed by atoms with van der Waals surface area (Å²) < 4.78 is 40.4. The summed E-state index contributed by atoms with van der Waals surface area (Å²) in [6.45, 7) is 4.84. The molecule has 0 spiro atoms. The molecule has 0 radical (unpaired) electrons. The van der Waals surface area contributed by atoms with Gasteiger partial charge in [-0.3, -0.25) is 4.79 Å². The summed E-state index contributed by atoms with van der Waals surface area (Å²) in [4.78, 5) is 17.9. The second kappa shape index (κ2) is 8.16. The van der Waals surface area contributed by atoms with E-state index in [0.29, 0.717) is 41.4 Å². The molecule has 1 N–H and O–H groups in total. The number of carbonyl (C=O) groups excluding carboxylic acids is 1. The van der Waals surface area contributed by atoms with Crippen molar-refractivity contribution in [2.24, 2.45) is 0 Å². The van der Waals surface area contributed by atoms with E-state index in [1.807, 2.05) is 19.9 Å². The molecular formula is C24H20F2N4O3. The monoisotopic (exact) mass is 450 g/mol. The molecule has 9 heteroatoms. The number of nitrogens with zero attached hydrogens (tertiary/aromatic N) is 3. The third-order valence-corrected chi connectivity index (χ3v) is 5.32. The largest absolute Gasteiger partial charge is 0.486 e. The number of fused-ring (bicyclic) bond motifs is 2. The quantitative estimate of drug-likeness (QED) is 0.474. The van der Waals surface area contributed by atoms with Crippen LogP contribution in [0.5, 0.6) is 11.5 Å². The highest BCUT2D eigenvalue weighted by molar-refractivity contribution is 6.12. The van der Waals surface area contributed by atoms with Gasteiger partial charge in [-0.25, -0.2) is 18.4 Å². The molecule has 1 aliphatic heterocycles. The van der Waals surface area contributed by atoms with Gasteiger partial charge in [-0.05, 0) is 50.2 Å². The van der Waals surface area contributed by atoms with Gasteiger partial charge < -0.3 is 14.8 Å². The molecule has 168 valence electrons. The average Bonchev–Trinajstić information content (AvgIpc) is 3.24. The van der Waals surface area contributed by atoms with Gasteiger partial charge in [0.05, 0.1) is 28.5 Å². The second-order valence-electron chi connectivity index (χ2n) is 7.91. The van der Waals surface area contributed by atoms with E-state index in [1.165, 1.54) is 6.07 Å². The molecule has 0 atom stereocenters. The summed E-state index contributed by atoms with van der Waals surface area (Å²) in [5.41, 5.74) is 1.90. The van der Waals surface area contributed by atoms with Crippen molar-refractivity contribution in [3.63, 3.8) is 0 Å². The number of amides is 1. The first-order chi connectivity index (χ1) is 15.9. The number of benzene rings is 2. The van der Waals surface area contributed by atoms with Gasteiger partial charge in [0.15, 0.2) is 17.1 Å². The Morgan fingerprint density at radius 1 is 1.06 bits per heavy atom. The van der Waals surface area contributed by atoms with Gasteiger partial charge in [-0.1, -0.05) is 0 Å². The van der Waals surface area contributed by atoms with Gasteiger partial charge in [-0.2, -0.15) is 5.10 Å². The maximum Gasteiger partial charge on any atom is 0.256 e. The Hall–Kier alpha value is -4.01. The van der Waals surface area contributed by atoms with Crippen LogP contribution >= 0.6 is 0 Å². The zero-order valence-electron chi connectivity index (χ0n) is 17.9. The van der Waals surface area contributed by atoms with E-state index in [1.54, 1.807) is 29.1 Å². The van der Waals surface area contributed by atoms with E-state index in [0.717, 1.165) is 17.7 Å². The lowest BCUT2D eigenvalue weighted by Gasteiger charge is -2.19. The first kappa shape index (κ1) is 20.9. The number of aromatic nitrogens is 3. The molecule has 0 unspecified atom stereocenters. The molecule has 2 aromatic carbocycles. The van der Waals surface area contributed by atoms with Gasteiger partial charge in [0, 0.05) is 17.7 Å².